The molecule has 2 heterocycles. The van der Waals surface area contributed by atoms with Gasteiger partial charge in [-0.15, -0.1) is 0 Å². The van der Waals surface area contributed by atoms with Gasteiger partial charge in [-0.25, -0.2) is 19.9 Å². The summed E-state index contributed by atoms with van der Waals surface area (Å²) in [6.45, 7) is 0. The second-order valence-electron chi connectivity index (χ2n) is 16.5. The maximum atomic E-state index is 5.44. The Morgan fingerprint density at radius 3 is 1.38 bits per heavy atom. The molecule has 0 saturated heterocycles. The average molecular weight is 817 g/mol. The van der Waals surface area contributed by atoms with E-state index < -0.39 is 0 Å². The smallest absolute Gasteiger partial charge is 0.164 e. The van der Waals surface area contributed by atoms with Gasteiger partial charge < -0.3 is 0 Å². The maximum Gasteiger partial charge on any atom is 0.164 e. The Labute approximate surface area is 371 Å². The molecule has 0 fully saturated rings. The van der Waals surface area contributed by atoms with Crippen molar-refractivity contribution in [3.63, 3.8) is 0 Å². The van der Waals surface area contributed by atoms with Crippen LogP contribution in [0.3, 0.4) is 0 Å². The van der Waals surface area contributed by atoms with Gasteiger partial charge in [0.1, 0.15) is 0 Å². The molecular formula is C60H40N4. The Morgan fingerprint density at radius 1 is 0.312 bits per heavy atom. The summed E-state index contributed by atoms with van der Waals surface area (Å²) in [5.41, 5.74) is 14.1. The molecule has 12 rings (SSSR count). The predicted octanol–water partition coefficient (Wildman–Crippen LogP) is 15.6. The van der Waals surface area contributed by atoms with E-state index >= 15 is 0 Å². The van der Waals surface area contributed by atoms with Crippen LogP contribution in [0.5, 0.6) is 0 Å². The van der Waals surface area contributed by atoms with Crippen LogP contribution in [0, 0.1) is 0 Å². The van der Waals surface area contributed by atoms with E-state index in [9.17, 15) is 0 Å². The SMILES string of the molecule is C1=CC(c2cccc(-c3nc(-c4ccccc4)nc(-c4cccc(-c5ccccc5-c5cccc(-c6c7ccc8ccccc8c7nc7c6ccc6ccccc67)c5)c4)n3)c2)=CCC1. The van der Waals surface area contributed by atoms with Crippen molar-refractivity contribution in [1.82, 2.24) is 19.9 Å². The molecule has 0 unspecified atom stereocenters. The van der Waals surface area contributed by atoms with Gasteiger partial charge in [0.05, 0.1) is 11.0 Å². The summed E-state index contributed by atoms with van der Waals surface area (Å²) >= 11 is 0. The van der Waals surface area contributed by atoms with Gasteiger partial charge in [-0.05, 0) is 80.8 Å². The molecule has 11 aromatic rings. The summed E-state index contributed by atoms with van der Waals surface area (Å²) in [7, 11) is 0. The lowest BCUT2D eigenvalue weighted by molar-refractivity contribution is 1.04. The summed E-state index contributed by atoms with van der Waals surface area (Å²) in [4.78, 5) is 20.8. The van der Waals surface area contributed by atoms with Crippen molar-refractivity contribution in [3.05, 3.63) is 224 Å². The second-order valence-corrected chi connectivity index (χ2v) is 16.5. The molecule has 1 aliphatic carbocycles. The number of nitrogens with zero attached hydrogens (tertiary/aromatic N) is 4. The molecule has 0 radical (unpaired) electrons. The molecule has 0 atom stereocenters. The lowest BCUT2D eigenvalue weighted by Gasteiger charge is -2.16. The Kier molecular flexibility index (Phi) is 9.27. The first kappa shape index (κ1) is 37.4. The molecule has 0 bridgehead atoms. The highest BCUT2D eigenvalue weighted by atomic mass is 15.0. The van der Waals surface area contributed by atoms with Gasteiger partial charge in [-0.3, -0.25) is 0 Å². The van der Waals surface area contributed by atoms with Crippen LogP contribution in [0.2, 0.25) is 0 Å². The Hall–Kier alpha value is -8.34. The minimum absolute atomic E-state index is 0.629. The van der Waals surface area contributed by atoms with Gasteiger partial charge in [0.15, 0.2) is 17.5 Å². The van der Waals surface area contributed by atoms with E-state index in [1.54, 1.807) is 0 Å². The molecule has 64 heavy (non-hydrogen) atoms. The molecule has 1 aliphatic rings. The van der Waals surface area contributed by atoms with Crippen molar-refractivity contribution < 1.29 is 0 Å². The van der Waals surface area contributed by atoms with E-state index in [0.717, 1.165) is 95.5 Å². The van der Waals surface area contributed by atoms with Crippen LogP contribution in [0.1, 0.15) is 18.4 Å². The van der Waals surface area contributed by atoms with Crippen LogP contribution in [-0.4, -0.2) is 19.9 Å². The van der Waals surface area contributed by atoms with E-state index in [-0.39, 0.29) is 0 Å². The monoisotopic (exact) mass is 816 g/mol. The third-order valence-electron chi connectivity index (χ3n) is 12.5. The summed E-state index contributed by atoms with van der Waals surface area (Å²) in [5, 5.41) is 6.95. The molecule has 0 aliphatic heterocycles. The van der Waals surface area contributed by atoms with Gasteiger partial charge in [-0.2, -0.15) is 0 Å². The van der Waals surface area contributed by atoms with Gasteiger partial charge in [0.2, 0.25) is 0 Å². The third kappa shape index (κ3) is 6.73. The lowest BCUT2D eigenvalue weighted by Crippen LogP contribution is -2.00. The number of hydrogen-bond donors (Lipinski definition) is 0. The van der Waals surface area contributed by atoms with Crippen LogP contribution < -0.4 is 0 Å². The number of rotatable bonds is 7. The topological polar surface area (TPSA) is 51.6 Å². The van der Waals surface area contributed by atoms with Gasteiger partial charge >= 0.3 is 0 Å². The fourth-order valence-electron chi connectivity index (χ4n) is 9.39. The summed E-state index contributed by atoms with van der Waals surface area (Å²) in [6.07, 6.45) is 8.88. The number of aromatic nitrogens is 4. The Bertz CT molecular complexity index is 3580. The number of pyridine rings is 1. The first-order valence-electron chi connectivity index (χ1n) is 21.9. The standard InChI is InChI=1S/C60H40N4/c1-3-16-39(17-4-1)43-22-13-26-47(36-43)59-62-58(42-20-5-2-6-21-42)63-60(64-59)48-27-15-24-45(38-48)50-29-12-11-28-49(50)44-23-14-25-46(37-44)55-53-34-32-40-18-7-9-30-51(40)56(53)61-57-52-31-10-8-19-41(52)33-35-54(55)57/h2-3,5-38H,1,4H2. The first-order valence-corrected chi connectivity index (χ1v) is 21.9. The zero-order chi connectivity index (χ0) is 42.4. The van der Waals surface area contributed by atoms with Crippen molar-refractivity contribution in [2.75, 3.05) is 0 Å². The normalized spacial score (nSPS) is 12.6. The zero-order valence-electron chi connectivity index (χ0n) is 35.0. The highest BCUT2D eigenvalue weighted by molar-refractivity contribution is 6.21. The third-order valence-corrected chi connectivity index (χ3v) is 12.5. The number of hydrogen-bond acceptors (Lipinski definition) is 4. The molecule has 9 aromatic carbocycles. The van der Waals surface area contributed by atoms with Crippen LogP contribution in [0.15, 0.2) is 218 Å². The van der Waals surface area contributed by atoms with E-state index in [0.29, 0.717) is 17.5 Å². The lowest BCUT2D eigenvalue weighted by atomic mass is 9.89. The van der Waals surface area contributed by atoms with Gasteiger partial charge in [0.25, 0.3) is 0 Å². The first-order chi connectivity index (χ1) is 31.7. The highest BCUT2D eigenvalue weighted by Gasteiger charge is 2.18. The molecule has 0 amide bonds. The van der Waals surface area contributed by atoms with Gasteiger partial charge in [-0.1, -0.05) is 200 Å². The van der Waals surface area contributed by atoms with Crippen molar-refractivity contribution >= 4 is 48.9 Å². The van der Waals surface area contributed by atoms with E-state index in [1.165, 1.54) is 21.9 Å². The molecule has 0 spiro atoms. The summed E-state index contributed by atoms with van der Waals surface area (Å²) < 4.78 is 0. The van der Waals surface area contributed by atoms with Crippen molar-refractivity contribution in [3.8, 4) is 67.5 Å². The summed E-state index contributed by atoms with van der Waals surface area (Å²) in [6, 6.07) is 71.1. The molecule has 300 valence electrons. The van der Waals surface area contributed by atoms with Crippen LogP contribution in [-0.2, 0) is 0 Å². The minimum Gasteiger partial charge on any atom is -0.246 e. The second kappa shape index (κ2) is 15.8. The molecule has 2 aromatic heterocycles. The van der Waals surface area contributed by atoms with Crippen LogP contribution in [0.25, 0.3) is 116 Å². The number of allylic oxidation sites excluding steroid dienone is 4. The van der Waals surface area contributed by atoms with Crippen molar-refractivity contribution in [2.24, 2.45) is 0 Å². The fourth-order valence-corrected chi connectivity index (χ4v) is 9.39. The van der Waals surface area contributed by atoms with E-state index in [1.807, 2.05) is 18.2 Å². The van der Waals surface area contributed by atoms with E-state index in [2.05, 4.69) is 200 Å². The summed E-state index contributed by atoms with van der Waals surface area (Å²) in [5.74, 6) is 1.91. The molecule has 4 nitrogen and oxygen atoms in total. The molecule has 0 saturated carbocycles. The molecule has 0 N–H and O–H groups in total. The Balaban J connectivity index is 0.986. The maximum absolute atomic E-state index is 5.44. The molecule has 4 heteroatoms. The van der Waals surface area contributed by atoms with E-state index in [4.69, 9.17) is 19.9 Å². The van der Waals surface area contributed by atoms with Gasteiger partial charge in [0, 0.05) is 43.8 Å². The quantitative estimate of drug-likeness (QED) is 0.119. The number of fused-ring (bicyclic) bond motifs is 6. The Morgan fingerprint density at radius 2 is 0.781 bits per heavy atom. The van der Waals surface area contributed by atoms with Crippen molar-refractivity contribution in [1.29, 1.82) is 0 Å². The zero-order valence-corrected chi connectivity index (χ0v) is 35.0. The number of benzene rings is 9. The fraction of sp³-hybridized carbons (Fsp3) is 0.0333. The van der Waals surface area contributed by atoms with Crippen LogP contribution >= 0.6 is 0 Å². The van der Waals surface area contributed by atoms with Crippen LogP contribution in [0.4, 0.5) is 0 Å². The predicted molar refractivity (Wildman–Crippen MR) is 267 cm³/mol. The average Bonchev–Trinajstić information content (AvgIpc) is 3.38. The largest absolute Gasteiger partial charge is 0.246 e. The molecular weight excluding hydrogens is 777 g/mol. The van der Waals surface area contributed by atoms with Crippen molar-refractivity contribution in [2.45, 2.75) is 12.8 Å². The highest BCUT2D eigenvalue weighted by Crippen LogP contribution is 2.42. The minimum atomic E-state index is 0.629.